The van der Waals surface area contributed by atoms with Crippen molar-refractivity contribution in [1.29, 1.82) is 0 Å². The molecule has 0 saturated carbocycles. The Labute approximate surface area is 58.8 Å². The minimum absolute atomic E-state index is 0.912. The van der Waals surface area contributed by atoms with Crippen LogP contribution in [-0.2, 0) is 0 Å². The Morgan fingerprint density at radius 3 is 2.89 bits per heavy atom. The maximum atomic E-state index is 2.58. The summed E-state index contributed by atoms with van der Waals surface area (Å²) in [4.78, 5) is 2.58. The zero-order chi connectivity index (χ0) is 6.69. The highest BCUT2D eigenvalue weighted by molar-refractivity contribution is 6.08. The normalized spacial score (nSPS) is 29.2. The van der Waals surface area contributed by atoms with Gasteiger partial charge in [0.25, 0.3) is 0 Å². The maximum Gasteiger partial charge on any atom is 0.119 e. The summed E-state index contributed by atoms with van der Waals surface area (Å²) in [6, 6.07) is 0.912. The number of likely N-dealkylation sites (tertiary alicyclic amines) is 1. The highest BCUT2D eigenvalue weighted by Gasteiger charge is 2.19. The lowest BCUT2D eigenvalue weighted by Gasteiger charge is -2.20. The van der Waals surface area contributed by atoms with Crippen molar-refractivity contribution in [2.75, 3.05) is 13.0 Å². The summed E-state index contributed by atoms with van der Waals surface area (Å²) in [5.41, 5.74) is 0. The summed E-state index contributed by atoms with van der Waals surface area (Å²) < 4.78 is 0. The molecule has 0 aliphatic carbocycles. The molecule has 1 aliphatic heterocycles. The van der Waals surface area contributed by atoms with E-state index in [-0.39, 0.29) is 0 Å². The van der Waals surface area contributed by atoms with Gasteiger partial charge in [0.2, 0.25) is 0 Å². The first-order valence-corrected chi connectivity index (χ1v) is 4.12. The Balaban J connectivity index is 2.32. The lowest BCUT2D eigenvalue weighted by molar-refractivity contribution is 0.288. The number of hydrogen-bond acceptors (Lipinski definition) is 1. The molecule has 1 atom stereocenters. The molecular weight excluding hydrogens is 109 g/mol. The Bertz CT molecular complexity index is 75.0. The molecule has 1 aliphatic rings. The van der Waals surface area contributed by atoms with E-state index in [1.54, 1.807) is 0 Å². The average molecular weight is 125 g/mol. The van der Waals surface area contributed by atoms with Crippen LogP contribution >= 0.6 is 0 Å². The van der Waals surface area contributed by atoms with Crippen LogP contribution in [0.5, 0.6) is 0 Å². The smallest absolute Gasteiger partial charge is 0.119 e. The molecule has 0 amide bonds. The van der Waals surface area contributed by atoms with Gasteiger partial charge >= 0.3 is 0 Å². The van der Waals surface area contributed by atoms with Crippen molar-refractivity contribution in [2.24, 2.45) is 0 Å². The van der Waals surface area contributed by atoms with Crippen LogP contribution in [0.25, 0.3) is 0 Å². The highest BCUT2D eigenvalue weighted by atomic mass is 15.2. The predicted molar refractivity (Wildman–Crippen MR) is 43.4 cm³/mol. The van der Waals surface area contributed by atoms with E-state index in [9.17, 15) is 0 Å². The molecule has 1 fully saturated rings. The minimum atomic E-state index is 0.912. The SMILES string of the molecule is BCN1CCCC1CC. The van der Waals surface area contributed by atoms with Crippen LogP contribution in [0.15, 0.2) is 0 Å². The van der Waals surface area contributed by atoms with E-state index in [0.29, 0.717) is 0 Å². The molecule has 0 bridgehead atoms. The van der Waals surface area contributed by atoms with Crippen molar-refractivity contribution < 1.29 is 0 Å². The summed E-state index contributed by atoms with van der Waals surface area (Å²) >= 11 is 0. The molecule has 0 aromatic carbocycles. The van der Waals surface area contributed by atoms with Crippen molar-refractivity contribution in [3.8, 4) is 0 Å². The summed E-state index contributed by atoms with van der Waals surface area (Å²) in [6.07, 6.45) is 5.45. The molecule has 0 radical (unpaired) electrons. The third-order valence-corrected chi connectivity index (χ3v) is 2.38. The van der Waals surface area contributed by atoms with Crippen molar-refractivity contribution >= 4 is 7.85 Å². The molecule has 1 unspecified atom stereocenters. The van der Waals surface area contributed by atoms with E-state index in [0.717, 1.165) is 6.04 Å². The first kappa shape index (κ1) is 7.14. The van der Waals surface area contributed by atoms with Crippen LogP contribution in [0.3, 0.4) is 0 Å². The van der Waals surface area contributed by atoms with Gasteiger partial charge in [-0.25, -0.2) is 0 Å². The molecule has 9 heavy (non-hydrogen) atoms. The second-order valence-electron chi connectivity index (χ2n) is 2.83. The second kappa shape index (κ2) is 3.26. The van der Waals surface area contributed by atoms with Crippen LogP contribution in [0, 0.1) is 0 Å². The Morgan fingerprint density at radius 1 is 1.67 bits per heavy atom. The largest absolute Gasteiger partial charge is 0.308 e. The second-order valence-corrected chi connectivity index (χ2v) is 2.83. The highest BCUT2D eigenvalue weighted by Crippen LogP contribution is 2.17. The zero-order valence-corrected chi connectivity index (χ0v) is 6.56. The Kier molecular flexibility index (Phi) is 2.58. The molecule has 0 spiro atoms. The van der Waals surface area contributed by atoms with Crippen LogP contribution < -0.4 is 0 Å². The van der Waals surface area contributed by atoms with Crippen LogP contribution in [-0.4, -0.2) is 31.8 Å². The predicted octanol–water partition coefficient (Wildman–Crippen LogP) is 0.451. The van der Waals surface area contributed by atoms with Crippen molar-refractivity contribution in [3.05, 3.63) is 0 Å². The van der Waals surface area contributed by atoms with E-state index in [1.807, 2.05) is 0 Å². The number of rotatable bonds is 2. The zero-order valence-electron chi connectivity index (χ0n) is 6.56. The molecule has 1 saturated heterocycles. The molecule has 2 heteroatoms. The van der Waals surface area contributed by atoms with E-state index < -0.39 is 0 Å². The summed E-state index contributed by atoms with van der Waals surface area (Å²) in [6.45, 7) is 3.63. The van der Waals surface area contributed by atoms with Gasteiger partial charge in [-0.05, 0) is 32.3 Å². The molecule has 0 N–H and O–H groups in total. The monoisotopic (exact) mass is 125 g/mol. The minimum Gasteiger partial charge on any atom is -0.308 e. The fourth-order valence-electron chi connectivity index (χ4n) is 1.77. The van der Waals surface area contributed by atoms with Gasteiger partial charge in [-0.3, -0.25) is 0 Å². The van der Waals surface area contributed by atoms with Gasteiger partial charge in [-0.15, -0.1) is 0 Å². The van der Waals surface area contributed by atoms with Gasteiger partial charge in [-0.2, -0.15) is 0 Å². The van der Waals surface area contributed by atoms with Gasteiger partial charge in [0.05, 0.1) is 0 Å². The van der Waals surface area contributed by atoms with Crippen molar-refractivity contribution in [2.45, 2.75) is 32.2 Å². The van der Waals surface area contributed by atoms with Gasteiger partial charge in [-0.1, -0.05) is 6.92 Å². The molecule has 0 aromatic rings. The van der Waals surface area contributed by atoms with Crippen molar-refractivity contribution in [3.63, 3.8) is 0 Å². The van der Waals surface area contributed by atoms with Crippen molar-refractivity contribution in [1.82, 2.24) is 4.90 Å². The summed E-state index contributed by atoms with van der Waals surface area (Å²) in [5.74, 6) is 0. The molecule has 1 nitrogen and oxygen atoms in total. The van der Waals surface area contributed by atoms with Crippen LogP contribution in [0.1, 0.15) is 26.2 Å². The standard InChI is InChI=1S/C7H16BN/c1-2-7-4-3-5-9(7)6-8/h7H,2-6,8H2,1H3. The fourth-order valence-corrected chi connectivity index (χ4v) is 1.77. The molecule has 52 valence electrons. The molecule has 0 aromatic heterocycles. The molecular formula is C7H16BN. The Hall–Kier alpha value is 0.0249. The lowest BCUT2D eigenvalue weighted by atomic mass is 10.1. The van der Waals surface area contributed by atoms with E-state index in [4.69, 9.17) is 0 Å². The van der Waals surface area contributed by atoms with E-state index in [1.165, 1.54) is 32.3 Å². The number of nitrogens with zero attached hydrogens (tertiary/aromatic N) is 1. The summed E-state index contributed by atoms with van der Waals surface area (Å²) in [5, 5.41) is 0. The molecule has 1 rings (SSSR count). The first-order valence-electron chi connectivity index (χ1n) is 4.12. The first-order chi connectivity index (χ1) is 4.38. The van der Waals surface area contributed by atoms with E-state index in [2.05, 4.69) is 19.7 Å². The lowest BCUT2D eigenvalue weighted by Crippen LogP contribution is -2.29. The average Bonchev–Trinajstić information content (AvgIpc) is 2.33. The van der Waals surface area contributed by atoms with Gasteiger partial charge in [0.1, 0.15) is 7.85 Å². The maximum absolute atomic E-state index is 2.58. The third-order valence-electron chi connectivity index (χ3n) is 2.38. The quantitative estimate of drug-likeness (QED) is 0.484. The molecule has 1 heterocycles. The van der Waals surface area contributed by atoms with Gasteiger partial charge in [0, 0.05) is 6.04 Å². The van der Waals surface area contributed by atoms with E-state index >= 15 is 0 Å². The van der Waals surface area contributed by atoms with Gasteiger partial charge in [0.15, 0.2) is 0 Å². The van der Waals surface area contributed by atoms with Gasteiger partial charge < -0.3 is 4.90 Å². The number of hydrogen-bond donors (Lipinski definition) is 0. The summed E-state index contributed by atoms with van der Waals surface area (Å²) in [7, 11) is 2.26. The fraction of sp³-hybridized carbons (Fsp3) is 1.00. The van der Waals surface area contributed by atoms with Crippen LogP contribution in [0.4, 0.5) is 0 Å². The topological polar surface area (TPSA) is 3.24 Å². The third kappa shape index (κ3) is 1.48. The van der Waals surface area contributed by atoms with Crippen LogP contribution in [0.2, 0.25) is 0 Å². The Morgan fingerprint density at radius 2 is 2.44 bits per heavy atom.